The molecule has 0 spiro atoms. The average Bonchev–Trinajstić information content (AvgIpc) is 2.71. The molecule has 2 aliphatic rings. The first-order valence-electron chi connectivity index (χ1n) is 7.33. The molecule has 0 bridgehead atoms. The van der Waals surface area contributed by atoms with Gasteiger partial charge < -0.3 is 14.8 Å². The number of carbonyl (C=O) groups is 1. The lowest BCUT2D eigenvalue weighted by Gasteiger charge is -2.43. The number of carbonyl (C=O) groups excluding carboxylic acids is 1. The SMILES string of the molecule is O=C([O-])[C@H]1Cc2cc([N+](=O)[O-])ccc2N2CCCCC[C@H]12. The van der Waals surface area contributed by atoms with Crippen LogP contribution < -0.4 is 10.0 Å². The van der Waals surface area contributed by atoms with E-state index in [2.05, 4.69) is 4.90 Å². The molecule has 0 radical (unpaired) electrons. The van der Waals surface area contributed by atoms with Gasteiger partial charge >= 0.3 is 0 Å². The van der Waals surface area contributed by atoms with Crippen molar-refractivity contribution in [2.75, 3.05) is 11.4 Å². The van der Waals surface area contributed by atoms with E-state index in [1.807, 2.05) is 0 Å². The highest BCUT2D eigenvalue weighted by Gasteiger charge is 2.36. The number of nitrogens with zero attached hydrogens (tertiary/aromatic N) is 2. The topological polar surface area (TPSA) is 86.5 Å². The summed E-state index contributed by atoms with van der Waals surface area (Å²) in [5.41, 5.74) is 1.71. The van der Waals surface area contributed by atoms with Gasteiger partial charge in [0, 0.05) is 42.3 Å². The zero-order chi connectivity index (χ0) is 15.0. The third-order valence-electron chi connectivity index (χ3n) is 4.59. The van der Waals surface area contributed by atoms with E-state index in [1.165, 1.54) is 12.1 Å². The maximum atomic E-state index is 11.5. The number of anilines is 1. The number of aliphatic carboxylic acids is 1. The van der Waals surface area contributed by atoms with Crippen LogP contribution in [-0.2, 0) is 11.2 Å². The first-order valence-corrected chi connectivity index (χ1v) is 7.33. The molecule has 0 amide bonds. The Balaban J connectivity index is 2.05. The highest BCUT2D eigenvalue weighted by Crippen LogP contribution is 2.39. The lowest BCUT2D eigenvalue weighted by Crippen LogP contribution is -2.51. The summed E-state index contributed by atoms with van der Waals surface area (Å²) in [5.74, 6) is -1.64. The van der Waals surface area contributed by atoms with Crippen LogP contribution in [0.2, 0.25) is 0 Å². The fraction of sp³-hybridized carbons (Fsp3) is 0.533. The predicted molar refractivity (Wildman–Crippen MR) is 74.9 cm³/mol. The van der Waals surface area contributed by atoms with E-state index in [0.29, 0.717) is 6.42 Å². The highest BCUT2D eigenvalue weighted by molar-refractivity contribution is 5.74. The van der Waals surface area contributed by atoms with E-state index in [0.717, 1.165) is 43.5 Å². The van der Waals surface area contributed by atoms with Crippen molar-refractivity contribution in [3.05, 3.63) is 33.9 Å². The zero-order valence-electron chi connectivity index (χ0n) is 11.7. The molecule has 0 N–H and O–H groups in total. The first-order chi connectivity index (χ1) is 10.1. The van der Waals surface area contributed by atoms with Gasteiger partial charge in [-0.25, -0.2) is 0 Å². The molecule has 2 atom stereocenters. The highest BCUT2D eigenvalue weighted by atomic mass is 16.6. The van der Waals surface area contributed by atoms with Crippen LogP contribution in [0.15, 0.2) is 18.2 Å². The quantitative estimate of drug-likeness (QED) is 0.604. The Morgan fingerprint density at radius 3 is 2.81 bits per heavy atom. The molecule has 1 aromatic carbocycles. The minimum absolute atomic E-state index is 0.0131. The molecule has 1 saturated heterocycles. The van der Waals surface area contributed by atoms with Crippen molar-refractivity contribution >= 4 is 17.3 Å². The van der Waals surface area contributed by atoms with Gasteiger partial charge in [0.25, 0.3) is 5.69 Å². The molecule has 1 aromatic rings. The summed E-state index contributed by atoms with van der Waals surface area (Å²) >= 11 is 0. The van der Waals surface area contributed by atoms with Crippen molar-refractivity contribution in [1.82, 2.24) is 0 Å². The molecule has 0 saturated carbocycles. The van der Waals surface area contributed by atoms with Crippen LogP contribution in [0.1, 0.15) is 31.2 Å². The van der Waals surface area contributed by atoms with Gasteiger partial charge in [0.2, 0.25) is 0 Å². The van der Waals surface area contributed by atoms with Crippen LogP contribution in [0.5, 0.6) is 0 Å². The molecule has 0 unspecified atom stereocenters. The number of hydrogen-bond donors (Lipinski definition) is 0. The van der Waals surface area contributed by atoms with E-state index >= 15 is 0 Å². The Bertz CT molecular complexity index is 587. The van der Waals surface area contributed by atoms with E-state index in [-0.39, 0.29) is 11.7 Å². The molecule has 6 heteroatoms. The standard InChI is InChI=1S/C15H18N2O4/c18-15(19)12-9-10-8-11(17(20)21)5-6-13(10)16-7-3-1-2-4-14(12)16/h5-6,8,12,14H,1-4,7,9H2,(H,18,19)/p-1/t12-,14+/m0/s1. The van der Waals surface area contributed by atoms with Gasteiger partial charge in [-0.2, -0.15) is 0 Å². The molecule has 0 aliphatic carbocycles. The Kier molecular flexibility index (Phi) is 3.53. The second kappa shape index (κ2) is 5.35. The number of non-ortho nitro benzene ring substituents is 1. The van der Waals surface area contributed by atoms with Crippen LogP contribution in [0.25, 0.3) is 0 Å². The molecule has 6 nitrogen and oxygen atoms in total. The van der Waals surface area contributed by atoms with Gasteiger partial charge in [-0.3, -0.25) is 10.1 Å². The number of nitro groups is 1. The minimum atomic E-state index is -1.05. The summed E-state index contributed by atoms with van der Waals surface area (Å²) in [6, 6.07) is 4.72. The number of hydrogen-bond acceptors (Lipinski definition) is 5. The summed E-state index contributed by atoms with van der Waals surface area (Å²) in [6.45, 7) is 0.805. The third-order valence-corrected chi connectivity index (χ3v) is 4.59. The summed E-state index contributed by atoms with van der Waals surface area (Å²) in [6.07, 6.45) is 4.30. The van der Waals surface area contributed by atoms with Gasteiger partial charge in [-0.05, 0) is 30.9 Å². The number of rotatable bonds is 2. The molecule has 2 aliphatic heterocycles. The van der Waals surface area contributed by atoms with Crippen molar-refractivity contribution in [3.63, 3.8) is 0 Å². The maximum absolute atomic E-state index is 11.5. The monoisotopic (exact) mass is 289 g/mol. The normalized spacial score (nSPS) is 24.7. The van der Waals surface area contributed by atoms with Gasteiger partial charge in [-0.1, -0.05) is 12.8 Å². The second-order valence-corrected chi connectivity index (χ2v) is 5.81. The summed E-state index contributed by atoms with van der Waals surface area (Å²) in [5, 5.41) is 22.4. The Morgan fingerprint density at radius 1 is 1.29 bits per heavy atom. The zero-order valence-corrected chi connectivity index (χ0v) is 11.7. The number of nitro benzene ring substituents is 1. The van der Waals surface area contributed by atoms with Gasteiger partial charge in [-0.15, -0.1) is 0 Å². The second-order valence-electron chi connectivity index (χ2n) is 5.81. The fourth-order valence-corrected chi connectivity index (χ4v) is 3.59. The molecule has 21 heavy (non-hydrogen) atoms. The lowest BCUT2D eigenvalue weighted by molar-refractivity contribution is -0.384. The minimum Gasteiger partial charge on any atom is -0.550 e. The number of carboxylic acid groups (broad SMARTS) is 1. The predicted octanol–water partition coefficient (Wildman–Crippen LogP) is 1.27. The maximum Gasteiger partial charge on any atom is 0.269 e. The number of benzene rings is 1. The van der Waals surface area contributed by atoms with Crippen LogP contribution in [0.4, 0.5) is 11.4 Å². The van der Waals surface area contributed by atoms with Crippen molar-refractivity contribution in [2.45, 2.75) is 38.1 Å². The largest absolute Gasteiger partial charge is 0.550 e. The van der Waals surface area contributed by atoms with E-state index in [9.17, 15) is 20.0 Å². The molecule has 3 rings (SSSR count). The average molecular weight is 289 g/mol. The van der Waals surface area contributed by atoms with Crippen molar-refractivity contribution < 1.29 is 14.8 Å². The van der Waals surface area contributed by atoms with Crippen LogP contribution >= 0.6 is 0 Å². The molecular weight excluding hydrogens is 272 g/mol. The fourth-order valence-electron chi connectivity index (χ4n) is 3.59. The molecule has 1 fully saturated rings. The molecular formula is C15H17N2O4-. The molecule has 112 valence electrons. The van der Waals surface area contributed by atoms with Crippen molar-refractivity contribution in [2.24, 2.45) is 5.92 Å². The third kappa shape index (κ3) is 2.46. The Hall–Kier alpha value is -2.11. The van der Waals surface area contributed by atoms with Crippen molar-refractivity contribution in [1.29, 1.82) is 0 Å². The Morgan fingerprint density at radius 2 is 2.10 bits per heavy atom. The smallest absolute Gasteiger partial charge is 0.269 e. The van der Waals surface area contributed by atoms with Gasteiger partial charge in [0.1, 0.15) is 0 Å². The van der Waals surface area contributed by atoms with Gasteiger partial charge in [0.15, 0.2) is 0 Å². The summed E-state index contributed by atoms with van der Waals surface area (Å²) in [4.78, 5) is 24.1. The first kappa shape index (κ1) is 13.9. The van der Waals surface area contributed by atoms with Crippen molar-refractivity contribution in [3.8, 4) is 0 Å². The summed E-state index contributed by atoms with van der Waals surface area (Å²) in [7, 11) is 0. The number of fused-ring (bicyclic) bond motifs is 3. The van der Waals surface area contributed by atoms with Crippen LogP contribution in [0, 0.1) is 16.0 Å². The number of carboxylic acids is 1. The van der Waals surface area contributed by atoms with E-state index in [1.54, 1.807) is 6.07 Å². The van der Waals surface area contributed by atoms with Gasteiger partial charge in [0.05, 0.1) is 4.92 Å². The van der Waals surface area contributed by atoms with E-state index in [4.69, 9.17) is 0 Å². The van der Waals surface area contributed by atoms with Crippen LogP contribution in [-0.4, -0.2) is 23.5 Å². The molecule has 2 heterocycles. The van der Waals surface area contributed by atoms with E-state index < -0.39 is 16.8 Å². The Labute approximate surface area is 122 Å². The molecule has 0 aromatic heterocycles. The summed E-state index contributed by atoms with van der Waals surface area (Å²) < 4.78 is 0. The lowest BCUT2D eigenvalue weighted by atomic mass is 9.83. The van der Waals surface area contributed by atoms with Crippen LogP contribution in [0.3, 0.4) is 0 Å².